The highest BCUT2D eigenvalue weighted by Gasteiger charge is 2.29. The molecule has 0 bridgehead atoms. The lowest BCUT2D eigenvalue weighted by Gasteiger charge is -2.30. The summed E-state index contributed by atoms with van der Waals surface area (Å²) in [6, 6.07) is 8.32. The van der Waals surface area contributed by atoms with Crippen LogP contribution in [0.3, 0.4) is 0 Å². The molecule has 1 aromatic heterocycles. The molecule has 21 heavy (non-hydrogen) atoms. The van der Waals surface area contributed by atoms with Crippen molar-refractivity contribution in [2.45, 2.75) is 31.8 Å². The minimum Gasteiger partial charge on any atom is -0.382 e. The van der Waals surface area contributed by atoms with E-state index in [1.165, 1.54) is 0 Å². The van der Waals surface area contributed by atoms with Gasteiger partial charge >= 0.3 is 0 Å². The third-order valence-corrected chi connectivity index (χ3v) is 3.76. The third-order valence-electron chi connectivity index (χ3n) is 3.76. The van der Waals surface area contributed by atoms with E-state index in [9.17, 15) is 4.79 Å². The van der Waals surface area contributed by atoms with Gasteiger partial charge in [-0.2, -0.15) is 0 Å². The first-order valence-corrected chi connectivity index (χ1v) is 7.21. The van der Waals surface area contributed by atoms with Crippen LogP contribution in [-0.4, -0.2) is 33.5 Å². The van der Waals surface area contributed by atoms with E-state index >= 15 is 0 Å². The van der Waals surface area contributed by atoms with E-state index < -0.39 is 0 Å². The van der Waals surface area contributed by atoms with Crippen LogP contribution in [0.1, 0.15) is 24.8 Å². The van der Waals surface area contributed by atoms with Crippen LogP contribution in [0.25, 0.3) is 0 Å². The van der Waals surface area contributed by atoms with Crippen molar-refractivity contribution >= 4 is 11.6 Å². The molecule has 0 aliphatic carbocycles. The van der Waals surface area contributed by atoms with Crippen LogP contribution in [0.5, 0.6) is 0 Å². The molecule has 0 saturated heterocycles. The van der Waals surface area contributed by atoms with E-state index in [2.05, 4.69) is 27.9 Å². The maximum Gasteiger partial charge on any atom is 0.227 e. The van der Waals surface area contributed by atoms with Crippen LogP contribution in [0.4, 0.5) is 5.69 Å². The molecule has 0 radical (unpaired) electrons. The molecule has 110 valence electrons. The standard InChI is InChI=1S/C15H19N5O/c1-11-10-13(12-4-2-3-5-14(12)18-11)15(21)16-6-8-20-9-7-17-19-20/h2-5,7,9,11,13,18H,6,8,10H2,1H3,(H,16,21). The molecule has 2 heterocycles. The molecular weight excluding hydrogens is 266 g/mol. The lowest BCUT2D eigenvalue weighted by molar-refractivity contribution is -0.122. The Hall–Kier alpha value is -2.37. The summed E-state index contributed by atoms with van der Waals surface area (Å²) in [6.07, 6.45) is 4.23. The van der Waals surface area contributed by atoms with Crippen LogP contribution in [0.15, 0.2) is 36.7 Å². The molecule has 2 atom stereocenters. The summed E-state index contributed by atoms with van der Waals surface area (Å²) in [5.41, 5.74) is 2.14. The molecule has 3 rings (SSSR count). The maximum absolute atomic E-state index is 12.5. The number of anilines is 1. The van der Waals surface area contributed by atoms with E-state index in [1.54, 1.807) is 17.1 Å². The Morgan fingerprint density at radius 2 is 2.33 bits per heavy atom. The van der Waals surface area contributed by atoms with Crippen molar-refractivity contribution < 1.29 is 4.79 Å². The van der Waals surface area contributed by atoms with Crippen LogP contribution < -0.4 is 10.6 Å². The number of carbonyl (C=O) groups excluding carboxylic acids is 1. The molecule has 0 spiro atoms. The quantitative estimate of drug-likeness (QED) is 0.890. The maximum atomic E-state index is 12.5. The fourth-order valence-corrected chi connectivity index (χ4v) is 2.75. The number of nitrogens with zero attached hydrogens (tertiary/aromatic N) is 3. The summed E-state index contributed by atoms with van der Waals surface area (Å²) in [4.78, 5) is 12.5. The van der Waals surface area contributed by atoms with Gasteiger partial charge < -0.3 is 10.6 Å². The summed E-state index contributed by atoms with van der Waals surface area (Å²) in [5, 5.41) is 14.0. The topological polar surface area (TPSA) is 71.8 Å². The monoisotopic (exact) mass is 285 g/mol. The molecule has 2 aromatic rings. The normalized spacial score (nSPS) is 20.4. The number of nitrogens with one attached hydrogen (secondary N) is 2. The highest BCUT2D eigenvalue weighted by atomic mass is 16.1. The van der Waals surface area contributed by atoms with Crippen molar-refractivity contribution in [2.75, 3.05) is 11.9 Å². The number of hydrogen-bond acceptors (Lipinski definition) is 4. The summed E-state index contributed by atoms with van der Waals surface area (Å²) in [5.74, 6) is -0.0101. The second-order valence-corrected chi connectivity index (χ2v) is 5.38. The number of carbonyl (C=O) groups is 1. The van der Waals surface area contributed by atoms with Crippen molar-refractivity contribution in [1.29, 1.82) is 0 Å². The zero-order valence-corrected chi connectivity index (χ0v) is 12.0. The number of hydrogen-bond donors (Lipinski definition) is 2. The minimum absolute atomic E-state index is 0.0796. The van der Waals surface area contributed by atoms with Crippen LogP contribution in [-0.2, 0) is 11.3 Å². The highest BCUT2D eigenvalue weighted by molar-refractivity contribution is 5.86. The molecule has 1 amide bonds. The molecule has 6 heteroatoms. The molecule has 1 aliphatic heterocycles. The molecule has 0 fully saturated rings. The Morgan fingerprint density at radius 1 is 1.48 bits per heavy atom. The predicted octanol–water partition coefficient (Wildman–Crippen LogP) is 1.38. The Bertz CT molecular complexity index is 610. The van der Waals surface area contributed by atoms with Gasteiger partial charge in [0.1, 0.15) is 0 Å². The zero-order chi connectivity index (χ0) is 14.7. The Labute approximate surface area is 123 Å². The van der Waals surface area contributed by atoms with Gasteiger partial charge in [0.25, 0.3) is 0 Å². The predicted molar refractivity (Wildman–Crippen MR) is 79.9 cm³/mol. The summed E-state index contributed by atoms with van der Waals surface area (Å²) < 4.78 is 1.71. The minimum atomic E-state index is -0.0896. The van der Waals surface area contributed by atoms with Crippen molar-refractivity contribution in [2.24, 2.45) is 0 Å². The molecule has 1 aliphatic rings. The first-order valence-electron chi connectivity index (χ1n) is 7.21. The van der Waals surface area contributed by atoms with Crippen molar-refractivity contribution in [3.63, 3.8) is 0 Å². The lowest BCUT2D eigenvalue weighted by Crippen LogP contribution is -2.37. The second-order valence-electron chi connectivity index (χ2n) is 5.38. The second kappa shape index (κ2) is 5.95. The average Bonchev–Trinajstić information content (AvgIpc) is 2.99. The molecule has 2 N–H and O–H groups in total. The van der Waals surface area contributed by atoms with Gasteiger partial charge in [-0.05, 0) is 25.0 Å². The molecule has 1 aromatic carbocycles. The molecular formula is C15H19N5O. The van der Waals surface area contributed by atoms with Gasteiger partial charge in [-0.25, -0.2) is 0 Å². The van der Waals surface area contributed by atoms with E-state index in [0.29, 0.717) is 19.1 Å². The summed E-state index contributed by atoms with van der Waals surface area (Å²) in [7, 11) is 0. The number of aromatic nitrogens is 3. The van der Waals surface area contributed by atoms with Gasteiger partial charge in [0, 0.05) is 24.5 Å². The average molecular weight is 285 g/mol. The lowest BCUT2D eigenvalue weighted by atomic mass is 9.87. The van der Waals surface area contributed by atoms with Crippen LogP contribution >= 0.6 is 0 Å². The van der Waals surface area contributed by atoms with Gasteiger partial charge in [-0.1, -0.05) is 23.4 Å². The summed E-state index contributed by atoms with van der Waals surface area (Å²) >= 11 is 0. The van der Waals surface area contributed by atoms with Gasteiger partial charge in [-0.15, -0.1) is 5.10 Å². The van der Waals surface area contributed by atoms with Crippen molar-refractivity contribution in [3.05, 3.63) is 42.2 Å². The number of amides is 1. The Balaban J connectivity index is 1.64. The highest BCUT2D eigenvalue weighted by Crippen LogP contribution is 2.33. The fourth-order valence-electron chi connectivity index (χ4n) is 2.75. The largest absolute Gasteiger partial charge is 0.382 e. The first kappa shape index (κ1) is 13.6. The fraction of sp³-hybridized carbons (Fsp3) is 0.400. The van der Waals surface area contributed by atoms with Crippen molar-refractivity contribution in [3.8, 4) is 0 Å². The number of fused-ring (bicyclic) bond motifs is 1. The smallest absolute Gasteiger partial charge is 0.227 e. The summed E-state index contributed by atoms with van der Waals surface area (Å²) in [6.45, 7) is 3.29. The molecule has 6 nitrogen and oxygen atoms in total. The Morgan fingerprint density at radius 3 is 3.14 bits per heavy atom. The number of benzene rings is 1. The zero-order valence-electron chi connectivity index (χ0n) is 12.0. The van der Waals surface area contributed by atoms with Gasteiger partial charge in [0.2, 0.25) is 5.91 Å². The van der Waals surface area contributed by atoms with E-state index in [4.69, 9.17) is 0 Å². The van der Waals surface area contributed by atoms with Gasteiger partial charge in [-0.3, -0.25) is 9.48 Å². The van der Waals surface area contributed by atoms with Gasteiger partial charge in [0.15, 0.2) is 0 Å². The molecule has 2 unspecified atom stereocenters. The van der Waals surface area contributed by atoms with E-state index in [0.717, 1.165) is 17.7 Å². The SMILES string of the molecule is CC1CC(C(=O)NCCn2ccnn2)c2ccccc2N1. The number of para-hydroxylation sites is 1. The number of rotatable bonds is 4. The third kappa shape index (κ3) is 3.04. The van der Waals surface area contributed by atoms with Gasteiger partial charge in [0.05, 0.1) is 18.7 Å². The Kier molecular flexibility index (Phi) is 3.85. The molecule has 0 saturated carbocycles. The van der Waals surface area contributed by atoms with Crippen LogP contribution in [0, 0.1) is 0 Å². The van der Waals surface area contributed by atoms with E-state index in [1.807, 2.05) is 24.3 Å². The van der Waals surface area contributed by atoms with Crippen molar-refractivity contribution in [1.82, 2.24) is 20.3 Å². The van der Waals surface area contributed by atoms with E-state index in [-0.39, 0.29) is 11.8 Å². The van der Waals surface area contributed by atoms with Crippen LogP contribution in [0.2, 0.25) is 0 Å². The first-order chi connectivity index (χ1) is 10.2.